The van der Waals surface area contributed by atoms with Crippen LogP contribution in [0.4, 0.5) is 16.2 Å². The van der Waals surface area contributed by atoms with Crippen molar-refractivity contribution in [2.24, 2.45) is 0 Å². The number of nitrogens with zero attached hydrogens (tertiary/aromatic N) is 2. The molecule has 10 nitrogen and oxygen atoms in total. The summed E-state index contributed by atoms with van der Waals surface area (Å²) in [6, 6.07) is 14.6. The summed E-state index contributed by atoms with van der Waals surface area (Å²) < 4.78 is 15.6. The van der Waals surface area contributed by atoms with Crippen molar-refractivity contribution in [3.8, 4) is 5.75 Å². The molecule has 1 atom stereocenters. The Morgan fingerprint density at radius 3 is 2.58 bits per heavy atom. The molecule has 2 aromatic carbocycles. The maximum atomic E-state index is 13.4. The van der Waals surface area contributed by atoms with E-state index in [1.807, 2.05) is 0 Å². The van der Waals surface area contributed by atoms with Crippen LogP contribution in [0.5, 0.6) is 5.75 Å². The first-order valence-corrected chi connectivity index (χ1v) is 11.3. The predicted octanol–water partition coefficient (Wildman–Crippen LogP) is 3.83. The van der Waals surface area contributed by atoms with Gasteiger partial charge in [0.15, 0.2) is 0 Å². The first kappa shape index (κ1) is 24.5. The number of urea groups is 1. The molecule has 1 N–H and O–H groups in total. The van der Waals surface area contributed by atoms with Crippen LogP contribution in [0.3, 0.4) is 0 Å². The van der Waals surface area contributed by atoms with E-state index in [-0.39, 0.29) is 25.1 Å². The van der Waals surface area contributed by atoms with Gasteiger partial charge in [0.05, 0.1) is 44.2 Å². The van der Waals surface area contributed by atoms with Crippen molar-refractivity contribution in [3.05, 3.63) is 78.3 Å². The van der Waals surface area contributed by atoms with E-state index in [9.17, 15) is 19.2 Å². The molecular formula is C26H25N3O7. The van der Waals surface area contributed by atoms with E-state index in [0.29, 0.717) is 22.9 Å². The van der Waals surface area contributed by atoms with E-state index in [0.717, 1.165) is 4.90 Å². The van der Waals surface area contributed by atoms with E-state index >= 15 is 0 Å². The number of esters is 1. The Bertz CT molecular complexity index is 1270. The monoisotopic (exact) mass is 491 g/mol. The van der Waals surface area contributed by atoms with Gasteiger partial charge in [-0.25, -0.2) is 14.5 Å². The molecule has 4 amide bonds. The second-order valence-corrected chi connectivity index (χ2v) is 7.93. The smallest absolute Gasteiger partial charge is 0.338 e. The fourth-order valence-corrected chi connectivity index (χ4v) is 3.90. The highest BCUT2D eigenvalue weighted by Crippen LogP contribution is 2.30. The zero-order chi connectivity index (χ0) is 25.7. The molecular weight excluding hydrogens is 466 g/mol. The fourth-order valence-electron chi connectivity index (χ4n) is 3.90. The van der Waals surface area contributed by atoms with Crippen LogP contribution in [0, 0.1) is 0 Å². The molecule has 0 bridgehead atoms. The topological polar surface area (TPSA) is 118 Å². The molecule has 0 spiro atoms. The maximum absolute atomic E-state index is 13.4. The number of nitrogens with one attached hydrogen (secondary N) is 1. The Balaban J connectivity index is 1.56. The van der Waals surface area contributed by atoms with Crippen molar-refractivity contribution in [2.75, 3.05) is 23.9 Å². The molecule has 1 fully saturated rings. The number of benzene rings is 2. The molecule has 0 saturated carbocycles. The number of furan rings is 1. The predicted molar refractivity (Wildman–Crippen MR) is 130 cm³/mol. The van der Waals surface area contributed by atoms with Gasteiger partial charge in [0.2, 0.25) is 5.91 Å². The van der Waals surface area contributed by atoms with Crippen LogP contribution in [0.2, 0.25) is 0 Å². The first-order chi connectivity index (χ1) is 17.4. The number of hydrogen-bond donors (Lipinski definition) is 1. The van der Waals surface area contributed by atoms with Crippen LogP contribution in [0.15, 0.2) is 71.3 Å². The second-order valence-electron chi connectivity index (χ2n) is 7.93. The standard InChI is InChI=1S/C26H25N3O7/c1-3-35-25(32)17-7-4-8-18(13-17)27-23(30)15-22-24(31)29(19-9-5-10-20(14-19)34-2)26(33)28(22)16-21-11-6-12-36-21/h4-14,22H,3,15-16H2,1-2H3,(H,27,30). The lowest BCUT2D eigenvalue weighted by Crippen LogP contribution is -2.37. The second kappa shape index (κ2) is 10.8. The van der Waals surface area contributed by atoms with Gasteiger partial charge in [-0.15, -0.1) is 0 Å². The fraction of sp³-hybridized carbons (Fsp3) is 0.231. The molecule has 186 valence electrons. The summed E-state index contributed by atoms with van der Waals surface area (Å²) in [6.45, 7) is 1.93. The summed E-state index contributed by atoms with van der Waals surface area (Å²) in [5.74, 6) is -0.609. The molecule has 1 unspecified atom stereocenters. The summed E-state index contributed by atoms with van der Waals surface area (Å²) in [4.78, 5) is 54.0. The summed E-state index contributed by atoms with van der Waals surface area (Å²) >= 11 is 0. The van der Waals surface area contributed by atoms with Crippen molar-refractivity contribution in [3.63, 3.8) is 0 Å². The Morgan fingerprint density at radius 2 is 1.86 bits per heavy atom. The average molecular weight is 492 g/mol. The number of amides is 4. The van der Waals surface area contributed by atoms with Gasteiger partial charge >= 0.3 is 12.0 Å². The quantitative estimate of drug-likeness (QED) is 0.357. The average Bonchev–Trinajstić information content (AvgIpc) is 3.47. The third kappa shape index (κ3) is 5.22. The lowest BCUT2D eigenvalue weighted by atomic mass is 10.1. The SMILES string of the molecule is CCOC(=O)c1cccc(NC(=O)CC2C(=O)N(c3cccc(OC)c3)C(=O)N2Cc2ccco2)c1. The van der Waals surface area contributed by atoms with Crippen molar-refractivity contribution in [1.82, 2.24) is 4.90 Å². The Morgan fingerprint density at radius 1 is 1.06 bits per heavy atom. The Hall–Kier alpha value is -4.60. The Kier molecular flexibility index (Phi) is 7.33. The molecule has 36 heavy (non-hydrogen) atoms. The molecule has 0 radical (unpaired) electrons. The van der Waals surface area contributed by atoms with Gasteiger partial charge in [0.1, 0.15) is 17.6 Å². The van der Waals surface area contributed by atoms with Gasteiger partial charge in [-0.1, -0.05) is 12.1 Å². The first-order valence-electron chi connectivity index (χ1n) is 11.3. The number of ether oxygens (including phenoxy) is 2. The maximum Gasteiger partial charge on any atom is 0.338 e. The van der Waals surface area contributed by atoms with Gasteiger partial charge in [-0.2, -0.15) is 0 Å². The number of carbonyl (C=O) groups excluding carboxylic acids is 4. The highest BCUT2D eigenvalue weighted by atomic mass is 16.5. The van der Waals surface area contributed by atoms with E-state index in [2.05, 4.69) is 5.32 Å². The third-order valence-electron chi connectivity index (χ3n) is 5.57. The zero-order valence-electron chi connectivity index (χ0n) is 19.8. The summed E-state index contributed by atoms with van der Waals surface area (Å²) in [6.07, 6.45) is 1.17. The minimum Gasteiger partial charge on any atom is -0.497 e. The van der Waals surface area contributed by atoms with Crippen LogP contribution in [0.25, 0.3) is 0 Å². The van der Waals surface area contributed by atoms with E-state index < -0.39 is 29.9 Å². The van der Waals surface area contributed by atoms with Crippen LogP contribution in [-0.2, 0) is 20.9 Å². The third-order valence-corrected chi connectivity index (χ3v) is 5.57. The molecule has 3 aromatic rings. The van der Waals surface area contributed by atoms with E-state index in [1.54, 1.807) is 61.5 Å². The number of anilines is 2. The van der Waals surface area contributed by atoms with E-state index in [1.165, 1.54) is 24.3 Å². The highest BCUT2D eigenvalue weighted by molar-refractivity contribution is 6.22. The number of hydrogen-bond acceptors (Lipinski definition) is 7. The Labute approximate surface area is 207 Å². The molecule has 10 heteroatoms. The molecule has 1 aliphatic rings. The normalized spacial score (nSPS) is 15.2. The largest absolute Gasteiger partial charge is 0.497 e. The molecule has 4 rings (SSSR count). The van der Waals surface area contributed by atoms with Gasteiger partial charge in [0.25, 0.3) is 5.91 Å². The van der Waals surface area contributed by atoms with Crippen molar-refractivity contribution in [1.29, 1.82) is 0 Å². The lowest BCUT2D eigenvalue weighted by molar-refractivity contribution is -0.124. The molecule has 1 saturated heterocycles. The van der Waals surface area contributed by atoms with Crippen LogP contribution < -0.4 is 15.0 Å². The summed E-state index contributed by atoms with van der Waals surface area (Å²) in [5.41, 5.74) is 0.980. The summed E-state index contributed by atoms with van der Waals surface area (Å²) in [7, 11) is 1.49. The van der Waals surface area contributed by atoms with Crippen LogP contribution in [0.1, 0.15) is 29.5 Å². The van der Waals surface area contributed by atoms with Crippen molar-refractivity contribution >= 4 is 35.2 Å². The molecule has 0 aliphatic carbocycles. The van der Waals surface area contributed by atoms with Gasteiger partial charge in [-0.05, 0) is 49.4 Å². The van der Waals surface area contributed by atoms with Gasteiger partial charge in [-0.3, -0.25) is 9.59 Å². The lowest BCUT2D eigenvalue weighted by Gasteiger charge is -2.20. The minimum atomic E-state index is -1.07. The number of methoxy groups -OCH3 is 1. The molecule has 2 heterocycles. The van der Waals surface area contributed by atoms with Gasteiger partial charge in [0, 0.05) is 11.8 Å². The van der Waals surface area contributed by atoms with Crippen LogP contribution in [-0.4, -0.2) is 48.5 Å². The van der Waals surface area contributed by atoms with Gasteiger partial charge < -0.3 is 24.1 Å². The van der Waals surface area contributed by atoms with Crippen molar-refractivity contribution < 1.29 is 33.1 Å². The minimum absolute atomic E-state index is 0.00827. The number of imide groups is 1. The molecule has 1 aliphatic heterocycles. The summed E-state index contributed by atoms with van der Waals surface area (Å²) in [5, 5.41) is 2.69. The molecule has 1 aromatic heterocycles. The van der Waals surface area contributed by atoms with E-state index in [4.69, 9.17) is 13.9 Å². The number of rotatable bonds is 9. The number of carbonyl (C=O) groups is 4. The zero-order valence-corrected chi connectivity index (χ0v) is 19.8. The van der Waals surface area contributed by atoms with Crippen LogP contribution >= 0.6 is 0 Å². The highest BCUT2D eigenvalue weighted by Gasteiger charge is 2.47. The van der Waals surface area contributed by atoms with Crippen molar-refractivity contribution in [2.45, 2.75) is 25.9 Å².